The predicted molar refractivity (Wildman–Crippen MR) is 91.5 cm³/mol. The van der Waals surface area contributed by atoms with Crippen LogP contribution in [0.4, 0.5) is 0 Å². The van der Waals surface area contributed by atoms with E-state index in [1.165, 1.54) is 27.7 Å². The highest BCUT2D eigenvalue weighted by molar-refractivity contribution is 5.85. The van der Waals surface area contributed by atoms with E-state index in [-0.39, 0.29) is 5.92 Å². The molecule has 0 radical (unpaired) electrons. The maximum atomic E-state index is 6.11. The van der Waals surface area contributed by atoms with E-state index in [1.807, 2.05) is 19.1 Å². The van der Waals surface area contributed by atoms with Gasteiger partial charge in [-0.2, -0.15) is 0 Å². The van der Waals surface area contributed by atoms with Crippen molar-refractivity contribution in [2.45, 2.75) is 19.8 Å². The summed E-state index contributed by atoms with van der Waals surface area (Å²) in [7, 11) is 0. The number of fused-ring (bicyclic) bond motifs is 1. The second-order valence-corrected chi connectivity index (χ2v) is 5.50. The Balaban J connectivity index is 2.04. The molecule has 3 rings (SSSR count). The summed E-state index contributed by atoms with van der Waals surface area (Å²) < 4.78 is 5.52. The lowest BCUT2D eigenvalue weighted by molar-refractivity contribution is 0.340. The molecule has 22 heavy (non-hydrogen) atoms. The summed E-state index contributed by atoms with van der Waals surface area (Å²) in [5.41, 5.74) is 11.0. The van der Waals surface area contributed by atoms with Crippen molar-refractivity contribution in [2.24, 2.45) is 5.73 Å². The summed E-state index contributed by atoms with van der Waals surface area (Å²) in [6.45, 7) is 5.37. The van der Waals surface area contributed by atoms with Gasteiger partial charge in [0.05, 0.1) is 6.61 Å². The molecule has 0 aliphatic heterocycles. The molecule has 3 nitrogen and oxygen atoms in total. The first-order valence-corrected chi connectivity index (χ1v) is 7.74. The molecule has 1 heterocycles. The van der Waals surface area contributed by atoms with Gasteiger partial charge in [0, 0.05) is 29.1 Å². The van der Waals surface area contributed by atoms with Gasteiger partial charge in [-0.15, -0.1) is 0 Å². The van der Waals surface area contributed by atoms with Crippen molar-refractivity contribution in [1.29, 1.82) is 0 Å². The molecule has 1 unspecified atom stereocenters. The number of aromatic nitrogens is 1. The predicted octanol–water partition coefficient (Wildman–Crippen LogP) is 3.97. The van der Waals surface area contributed by atoms with Crippen LogP contribution in [0.15, 0.2) is 48.5 Å². The number of rotatable bonds is 5. The second kappa shape index (κ2) is 6.24. The average Bonchev–Trinajstić information content (AvgIpc) is 2.87. The second-order valence-electron chi connectivity index (χ2n) is 5.50. The van der Waals surface area contributed by atoms with Crippen molar-refractivity contribution in [3.05, 3.63) is 65.4 Å². The molecule has 3 heteroatoms. The minimum absolute atomic E-state index is 0.187. The van der Waals surface area contributed by atoms with Crippen LogP contribution in [-0.2, 0) is 0 Å². The van der Waals surface area contributed by atoms with Crippen molar-refractivity contribution in [3.63, 3.8) is 0 Å². The third-order valence-electron chi connectivity index (χ3n) is 4.12. The Kier molecular flexibility index (Phi) is 4.16. The normalized spacial score (nSPS) is 12.5. The summed E-state index contributed by atoms with van der Waals surface area (Å²) in [6.07, 6.45) is 0. The fourth-order valence-electron chi connectivity index (χ4n) is 3.13. The van der Waals surface area contributed by atoms with Crippen LogP contribution in [0.5, 0.6) is 5.75 Å². The molecule has 0 saturated carbocycles. The molecule has 0 bridgehead atoms. The highest BCUT2D eigenvalue weighted by atomic mass is 16.5. The van der Waals surface area contributed by atoms with Gasteiger partial charge in [-0.1, -0.05) is 30.3 Å². The van der Waals surface area contributed by atoms with Gasteiger partial charge in [-0.05, 0) is 43.2 Å². The van der Waals surface area contributed by atoms with Crippen LogP contribution < -0.4 is 10.5 Å². The molecule has 0 fully saturated rings. The largest absolute Gasteiger partial charge is 0.494 e. The Morgan fingerprint density at radius 2 is 1.82 bits per heavy atom. The van der Waals surface area contributed by atoms with E-state index in [9.17, 15) is 0 Å². The SMILES string of the molecule is CCOc1ccc(C(CN)c2c(C)[nH]c3ccccc23)cc1. The van der Waals surface area contributed by atoms with E-state index in [4.69, 9.17) is 10.5 Å². The van der Waals surface area contributed by atoms with Crippen LogP contribution >= 0.6 is 0 Å². The average molecular weight is 294 g/mol. The van der Waals surface area contributed by atoms with Crippen LogP contribution in [-0.4, -0.2) is 18.1 Å². The van der Waals surface area contributed by atoms with Crippen LogP contribution in [0.1, 0.15) is 29.7 Å². The topological polar surface area (TPSA) is 51.0 Å². The number of nitrogens with two attached hydrogens (primary N) is 1. The van der Waals surface area contributed by atoms with Crippen LogP contribution in [0.25, 0.3) is 10.9 Å². The lowest BCUT2D eigenvalue weighted by atomic mass is 9.89. The van der Waals surface area contributed by atoms with Gasteiger partial charge in [0.25, 0.3) is 0 Å². The minimum Gasteiger partial charge on any atom is -0.494 e. The van der Waals surface area contributed by atoms with E-state index < -0.39 is 0 Å². The molecule has 114 valence electrons. The maximum Gasteiger partial charge on any atom is 0.119 e. The van der Waals surface area contributed by atoms with E-state index in [0.717, 1.165) is 5.75 Å². The van der Waals surface area contributed by atoms with E-state index in [1.54, 1.807) is 0 Å². The molecule has 1 atom stereocenters. The third-order valence-corrected chi connectivity index (χ3v) is 4.12. The molecule has 0 saturated heterocycles. The summed E-state index contributed by atoms with van der Waals surface area (Å²) in [5.74, 6) is 1.09. The number of ether oxygens (including phenoxy) is 1. The lowest BCUT2D eigenvalue weighted by Gasteiger charge is -2.17. The molecular weight excluding hydrogens is 272 g/mol. The van der Waals surface area contributed by atoms with Gasteiger partial charge in [-0.3, -0.25) is 0 Å². The van der Waals surface area contributed by atoms with Crippen molar-refractivity contribution in [1.82, 2.24) is 4.98 Å². The first-order valence-electron chi connectivity index (χ1n) is 7.74. The Bertz CT molecular complexity index is 759. The summed E-state index contributed by atoms with van der Waals surface area (Å²) in [5, 5.41) is 1.25. The Morgan fingerprint density at radius 3 is 2.50 bits per heavy atom. The highest BCUT2D eigenvalue weighted by Crippen LogP contribution is 2.33. The maximum absolute atomic E-state index is 6.11. The van der Waals surface area contributed by atoms with Gasteiger partial charge >= 0.3 is 0 Å². The lowest BCUT2D eigenvalue weighted by Crippen LogP contribution is -2.14. The quantitative estimate of drug-likeness (QED) is 0.748. The molecule has 3 aromatic rings. The molecule has 0 aliphatic carbocycles. The molecule has 0 aliphatic rings. The monoisotopic (exact) mass is 294 g/mol. The van der Waals surface area contributed by atoms with Gasteiger partial charge in [-0.25, -0.2) is 0 Å². The third kappa shape index (κ3) is 2.60. The Hall–Kier alpha value is -2.26. The number of hydrogen-bond donors (Lipinski definition) is 2. The first-order chi connectivity index (χ1) is 10.7. The Morgan fingerprint density at radius 1 is 1.09 bits per heavy atom. The van der Waals surface area contributed by atoms with E-state index in [2.05, 4.69) is 48.3 Å². The zero-order valence-electron chi connectivity index (χ0n) is 13.1. The number of H-pyrrole nitrogens is 1. The van der Waals surface area contributed by atoms with Gasteiger partial charge < -0.3 is 15.5 Å². The summed E-state index contributed by atoms with van der Waals surface area (Å²) >= 11 is 0. The van der Waals surface area contributed by atoms with Crippen LogP contribution in [0, 0.1) is 6.92 Å². The highest BCUT2D eigenvalue weighted by Gasteiger charge is 2.19. The number of para-hydroxylation sites is 1. The van der Waals surface area contributed by atoms with Crippen molar-refractivity contribution in [2.75, 3.05) is 13.2 Å². The summed E-state index contributed by atoms with van der Waals surface area (Å²) in [4.78, 5) is 3.46. The van der Waals surface area contributed by atoms with Crippen LogP contribution in [0.3, 0.4) is 0 Å². The molecule has 0 spiro atoms. The number of hydrogen-bond acceptors (Lipinski definition) is 2. The number of aromatic amines is 1. The zero-order valence-corrected chi connectivity index (χ0v) is 13.1. The summed E-state index contributed by atoms with van der Waals surface area (Å²) in [6, 6.07) is 16.7. The Labute approximate surface area is 131 Å². The van der Waals surface area contributed by atoms with Crippen molar-refractivity contribution in [3.8, 4) is 5.75 Å². The van der Waals surface area contributed by atoms with Gasteiger partial charge in [0.2, 0.25) is 0 Å². The number of benzene rings is 2. The molecule has 1 aromatic heterocycles. The fourth-order valence-corrected chi connectivity index (χ4v) is 3.13. The first kappa shape index (κ1) is 14.7. The van der Waals surface area contributed by atoms with Crippen LogP contribution in [0.2, 0.25) is 0 Å². The van der Waals surface area contributed by atoms with E-state index >= 15 is 0 Å². The fraction of sp³-hybridized carbons (Fsp3) is 0.263. The molecule has 2 aromatic carbocycles. The molecular formula is C19H22N2O. The van der Waals surface area contributed by atoms with E-state index in [0.29, 0.717) is 13.2 Å². The standard InChI is InChI=1S/C19H22N2O/c1-3-22-15-10-8-14(9-11-15)17(12-20)19-13(2)21-18-7-5-4-6-16(18)19/h4-11,17,21H,3,12,20H2,1-2H3. The number of nitrogens with one attached hydrogen (secondary N) is 1. The molecule has 3 N–H and O–H groups in total. The zero-order chi connectivity index (χ0) is 15.5. The minimum atomic E-state index is 0.187. The van der Waals surface area contributed by atoms with Crippen molar-refractivity contribution >= 4 is 10.9 Å². The smallest absolute Gasteiger partial charge is 0.119 e. The number of aryl methyl sites for hydroxylation is 1. The van der Waals surface area contributed by atoms with Gasteiger partial charge in [0.1, 0.15) is 5.75 Å². The molecule has 0 amide bonds. The van der Waals surface area contributed by atoms with Crippen molar-refractivity contribution < 1.29 is 4.74 Å². The van der Waals surface area contributed by atoms with Gasteiger partial charge in [0.15, 0.2) is 0 Å².